The van der Waals surface area contributed by atoms with Crippen molar-refractivity contribution >= 4 is 29.0 Å². The van der Waals surface area contributed by atoms with Crippen LogP contribution in [0.4, 0.5) is 31.9 Å². The number of aromatic nitrogens is 7. The van der Waals surface area contributed by atoms with E-state index in [9.17, 15) is 13.6 Å². The molecule has 0 radical (unpaired) electrons. The summed E-state index contributed by atoms with van der Waals surface area (Å²) in [5.41, 5.74) is 0.723. The van der Waals surface area contributed by atoms with Crippen LogP contribution in [0.25, 0.3) is 11.4 Å². The fraction of sp³-hybridized carbons (Fsp3) is 0.150. The smallest absolute Gasteiger partial charge is 0.273 e. The Morgan fingerprint density at radius 1 is 1.06 bits per heavy atom. The third-order valence-electron chi connectivity index (χ3n) is 4.50. The van der Waals surface area contributed by atoms with Gasteiger partial charge < -0.3 is 20.7 Å². The molecule has 4 aromatic rings. The van der Waals surface area contributed by atoms with Gasteiger partial charge in [0.25, 0.3) is 5.91 Å². The van der Waals surface area contributed by atoms with Crippen LogP contribution < -0.4 is 20.7 Å². The van der Waals surface area contributed by atoms with Gasteiger partial charge in [0.15, 0.2) is 40.5 Å². The molecule has 4 aromatic heterocycles. The number of amides is 1. The molecule has 0 aliphatic rings. The van der Waals surface area contributed by atoms with Gasteiger partial charge in [-0.25, -0.2) is 23.7 Å². The van der Waals surface area contributed by atoms with Crippen molar-refractivity contribution in [2.24, 2.45) is 7.05 Å². The number of methoxy groups -OCH3 is 1. The number of carbonyl (C=O) groups is 1. The average Bonchev–Trinajstić information content (AvgIpc) is 3.27. The molecule has 0 aromatic carbocycles. The maximum atomic E-state index is 13.5. The van der Waals surface area contributed by atoms with Crippen LogP contribution in [0.1, 0.15) is 10.5 Å². The number of nitrogens with zero attached hydrogens (tertiary/aromatic N) is 7. The molecule has 174 valence electrons. The highest BCUT2D eigenvalue weighted by molar-refractivity contribution is 5.98. The predicted octanol–water partition coefficient (Wildman–Crippen LogP) is 2.20. The molecule has 0 unspecified atom stereocenters. The summed E-state index contributed by atoms with van der Waals surface area (Å²) in [5.74, 6) is -1.60. The minimum absolute atomic E-state index is 0.00854. The van der Waals surface area contributed by atoms with E-state index in [1.165, 1.54) is 26.4 Å². The summed E-state index contributed by atoms with van der Waals surface area (Å²) in [5, 5.41) is 20.3. The summed E-state index contributed by atoms with van der Waals surface area (Å²) in [6, 6.07) is 3.99. The minimum Gasteiger partial charge on any atom is -0.492 e. The molecule has 0 atom stereocenters. The summed E-state index contributed by atoms with van der Waals surface area (Å²) in [6.07, 6.45) is 3.80. The van der Waals surface area contributed by atoms with E-state index < -0.39 is 17.5 Å². The second kappa shape index (κ2) is 9.40. The maximum absolute atomic E-state index is 13.5. The Morgan fingerprint density at radius 3 is 2.56 bits per heavy atom. The molecule has 4 heterocycles. The first-order valence-electron chi connectivity index (χ1n) is 9.73. The lowest BCUT2D eigenvalue weighted by atomic mass is 10.2. The summed E-state index contributed by atoms with van der Waals surface area (Å²) in [4.78, 5) is 24.7. The maximum Gasteiger partial charge on any atom is 0.273 e. The third kappa shape index (κ3) is 4.55. The zero-order chi connectivity index (χ0) is 24.2. The standard InChI is InChI=1S/C20H18F2N10O2/c1-23-20(33)16-13(7-15(29-30-16)28-14-6-11(21)12(22)8-25-14)27-19-17(34-3)10(4-5-24-19)18-26-9-32(2)31-18/h4-9H,1-3H3,(H,23,33)(H2,24,25,27,28,29). The van der Waals surface area contributed by atoms with Crippen molar-refractivity contribution in [3.63, 3.8) is 0 Å². The first-order valence-corrected chi connectivity index (χ1v) is 9.73. The van der Waals surface area contributed by atoms with E-state index in [4.69, 9.17) is 4.74 Å². The first-order chi connectivity index (χ1) is 16.4. The monoisotopic (exact) mass is 468 g/mol. The Balaban J connectivity index is 1.73. The number of rotatable bonds is 7. The van der Waals surface area contributed by atoms with Crippen LogP contribution in [0.5, 0.6) is 5.75 Å². The summed E-state index contributed by atoms with van der Waals surface area (Å²) in [7, 11) is 4.64. The topological polar surface area (TPSA) is 145 Å². The van der Waals surface area contributed by atoms with Gasteiger partial charge in [0.05, 0.1) is 24.6 Å². The van der Waals surface area contributed by atoms with Gasteiger partial charge in [0.1, 0.15) is 12.1 Å². The van der Waals surface area contributed by atoms with Crippen LogP contribution in [0.2, 0.25) is 0 Å². The highest BCUT2D eigenvalue weighted by atomic mass is 19.2. The highest BCUT2D eigenvalue weighted by Crippen LogP contribution is 2.35. The van der Waals surface area contributed by atoms with E-state index >= 15 is 0 Å². The molecule has 3 N–H and O–H groups in total. The lowest BCUT2D eigenvalue weighted by molar-refractivity contribution is 0.0958. The van der Waals surface area contributed by atoms with Crippen molar-refractivity contribution < 1.29 is 18.3 Å². The molecular weight excluding hydrogens is 450 g/mol. The van der Waals surface area contributed by atoms with Crippen LogP contribution >= 0.6 is 0 Å². The molecule has 0 saturated carbocycles. The molecule has 34 heavy (non-hydrogen) atoms. The highest BCUT2D eigenvalue weighted by Gasteiger charge is 2.20. The first kappa shape index (κ1) is 22.4. The van der Waals surface area contributed by atoms with Gasteiger partial charge in [0.2, 0.25) is 0 Å². The Labute approximate surface area is 191 Å². The van der Waals surface area contributed by atoms with Crippen LogP contribution in [-0.4, -0.2) is 55.0 Å². The van der Waals surface area contributed by atoms with E-state index in [2.05, 4.69) is 46.2 Å². The van der Waals surface area contributed by atoms with Gasteiger partial charge in [-0.3, -0.25) is 9.48 Å². The van der Waals surface area contributed by atoms with Crippen molar-refractivity contribution in [1.82, 2.24) is 40.2 Å². The largest absolute Gasteiger partial charge is 0.492 e. The normalized spacial score (nSPS) is 10.6. The molecule has 1 amide bonds. The third-order valence-corrected chi connectivity index (χ3v) is 4.50. The molecular formula is C20H18F2N10O2. The van der Waals surface area contributed by atoms with Crippen molar-refractivity contribution in [1.29, 1.82) is 0 Å². The number of halogens is 2. The molecule has 0 aliphatic heterocycles. The van der Waals surface area contributed by atoms with Gasteiger partial charge in [-0.05, 0) is 6.07 Å². The van der Waals surface area contributed by atoms with E-state index in [0.29, 0.717) is 17.1 Å². The van der Waals surface area contributed by atoms with Gasteiger partial charge in [-0.1, -0.05) is 0 Å². The molecule has 0 bridgehead atoms. The van der Waals surface area contributed by atoms with Gasteiger partial charge in [-0.2, -0.15) is 5.10 Å². The molecule has 14 heteroatoms. The number of hydrogen-bond acceptors (Lipinski definition) is 10. The number of anilines is 4. The average molecular weight is 468 g/mol. The second-order valence-corrected chi connectivity index (χ2v) is 6.79. The van der Waals surface area contributed by atoms with Gasteiger partial charge >= 0.3 is 0 Å². The van der Waals surface area contributed by atoms with E-state index in [1.54, 1.807) is 24.1 Å². The van der Waals surface area contributed by atoms with Crippen molar-refractivity contribution in [3.8, 4) is 17.1 Å². The Kier molecular flexibility index (Phi) is 6.20. The number of nitrogens with one attached hydrogen (secondary N) is 3. The second-order valence-electron chi connectivity index (χ2n) is 6.79. The molecule has 0 spiro atoms. The molecule has 0 fully saturated rings. The summed E-state index contributed by atoms with van der Waals surface area (Å²) >= 11 is 0. The predicted molar refractivity (Wildman–Crippen MR) is 117 cm³/mol. The molecule has 0 aliphatic carbocycles. The van der Waals surface area contributed by atoms with Crippen molar-refractivity contribution in [3.05, 3.63) is 54.2 Å². The number of hydrogen-bond donors (Lipinski definition) is 3. The van der Waals surface area contributed by atoms with E-state index in [1.807, 2.05) is 0 Å². The summed E-state index contributed by atoms with van der Waals surface area (Å²) < 4.78 is 33.8. The van der Waals surface area contributed by atoms with Crippen molar-refractivity contribution in [2.45, 2.75) is 0 Å². The van der Waals surface area contributed by atoms with E-state index in [0.717, 1.165) is 12.3 Å². The number of aryl methyl sites for hydroxylation is 1. The minimum atomic E-state index is -1.09. The summed E-state index contributed by atoms with van der Waals surface area (Å²) in [6.45, 7) is 0. The van der Waals surface area contributed by atoms with Crippen molar-refractivity contribution in [2.75, 3.05) is 24.8 Å². The lowest BCUT2D eigenvalue weighted by Crippen LogP contribution is -2.21. The fourth-order valence-electron chi connectivity index (χ4n) is 2.96. The zero-order valence-corrected chi connectivity index (χ0v) is 18.2. The molecule has 0 saturated heterocycles. The SMILES string of the molecule is CNC(=O)c1nnc(Nc2cc(F)c(F)cn2)cc1Nc1nccc(-c2ncn(C)n2)c1OC. The lowest BCUT2D eigenvalue weighted by Gasteiger charge is -2.15. The van der Waals surface area contributed by atoms with Crippen LogP contribution in [-0.2, 0) is 7.05 Å². The number of ether oxygens (including phenoxy) is 1. The fourth-order valence-corrected chi connectivity index (χ4v) is 2.96. The van der Waals surface area contributed by atoms with E-state index in [-0.39, 0.29) is 28.8 Å². The van der Waals surface area contributed by atoms with Crippen LogP contribution in [0, 0.1) is 11.6 Å². The Hall–Kier alpha value is -4.75. The number of pyridine rings is 2. The quantitative estimate of drug-likeness (QED) is 0.369. The van der Waals surface area contributed by atoms with Gasteiger partial charge in [0, 0.05) is 32.4 Å². The molecule has 12 nitrogen and oxygen atoms in total. The zero-order valence-electron chi connectivity index (χ0n) is 18.2. The van der Waals surface area contributed by atoms with Gasteiger partial charge in [-0.15, -0.1) is 10.2 Å². The molecule has 4 rings (SSSR count). The number of carbonyl (C=O) groups excluding carboxylic acids is 1. The van der Waals surface area contributed by atoms with Crippen LogP contribution in [0.15, 0.2) is 36.9 Å². The Bertz CT molecular complexity index is 1360. The van der Waals surface area contributed by atoms with Crippen LogP contribution in [0.3, 0.4) is 0 Å². The Morgan fingerprint density at radius 2 is 1.88 bits per heavy atom.